The van der Waals surface area contributed by atoms with Crippen molar-refractivity contribution in [2.45, 2.75) is 38.3 Å². The highest BCUT2D eigenvalue weighted by atomic mass is 35.5. The van der Waals surface area contributed by atoms with Gasteiger partial charge in [-0.25, -0.2) is 8.78 Å². The minimum atomic E-state index is -0.775. The Kier molecular flexibility index (Phi) is 6.35. The third kappa shape index (κ3) is 4.10. The van der Waals surface area contributed by atoms with E-state index in [2.05, 4.69) is 10.6 Å². The highest BCUT2D eigenvalue weighted by Gasteiger charge is 2.37. The maximum Gasteiger partial charge on any atom is 0.249 e. The Balaban J connectivity index is 0.00000225. The van der Waals surface area contributed by atoms with Gasteiger partial charge >= 0.3 is 0 Å². The Morgan fingerprint density at radius 3 is 2.60 bits per heavy atom. The molecule has 0 saturated carbocycles. The van der Waals surface area contributed by atoms with Gasteiger partial charge in [-0.1, -0.05) is 6.07 Å². The van der Waals surface area contributed by atoms with E-state index >= 15 is 0 Å². The second kappa shape index (κ2) is 8.10. The van der Waals surface area contributed by atoms with Crippen LogP contribution in [0, 0.1) is 17.6 Å². The predicted molar refractivity (Wildman–Crippen MR) is 92.7 cm³/mol. The molecule has 0 aromatic heterocycles. The smallest absolute Gasteiger partial charge is 0.249 e. The zero-order chi connectivity index (χ0) is 17.3. The van der Waals surface area contributed by atoms with Crippen molar-refractivity contribution >= 4 is 29.9 Å². The molecular formula is C17H22ClF2N3O2. The molecule has 2 amide bonds. The van der Waals surface area contributed by atoms with E-state index in [1.54, 1.807) is 0 Å². The molecule has 138 valence electrons. The fraction of sp³-hybridized carbons (Fsp3) is 0.529. The lowest BCUT2D eigenvalue weighted by Crippen LogP contribution is -2.47. The first-order valence-electron chi connectivity index (χ1n) is 8.26. The number of benzene rings is 1. The average Bonchev–Trinajstić information content (AvgIpc) is 2.88. The number of hydrogen-bond donors (Lipinski definition) is 2. The predicted octanol–water partition coefficient (Wildman–Crippen LogP) is 2.00. The van der Waals surface area contributed by atoms with Crippen molar-refractivity contribution in [2.75, 3.05) is 18.0 Å². The van der Waals surface area contributed by atoms with Gasteiger partial charge in [-0.2, -0.15) is 0 Å². The summed E-state index contributed by atoms with van der Waals surface area (Å²) in [5, 5.41) is 6.03. The van der Waals surface area contributed by atoms with Crippen molar-refractivity contribution in [3.05, 3.63) is 29.8 Å². The Labute approximate surface area is 151 Å². The molecule has 0 bridgehead atoms. The van der Waals surface area contributed by atoms with Gasteiger partial charge in [0, 0.05) is 18.5 Å². The van der Waals surface area contributed by atoms with Crippen LogP contribution in [0.4, 0.5) is 14.5 Å². The first-order chi connectivity index (χ1) is 11.5. The Hall–Kier alpha value is -1.73. The number of carbonyl (C=O) groups is 2. The molecule has 3 rings (SSSR count). The highest BCUT2D eigenvalue weighted by Crippen LogP contribution is 2.28. The van der Waals surface area contributed by atoms with Crippen LogP contribution in [0.25, 0.3) is 0 Å². The third-order valence-electron chi connectivity index (χ3n) is 4.72. The maximum absolute atomic E-state index is 13.9. The van der Waals surface area contributed by atoms with Crippen LogP contribution in [0.15, 0.2) is 18.2 Å². The molecule has 2 heterocycles. The SMILES string of the molecule is C[C@H]1C[C@@H](C(=O)NC2CCN(c3c(F)cccc3F)C2=O)CCN1.Cl. The number of anilines is 1. The van der Waals surface area contributed by atoms with E-state index in [-0.39, 0.29) is 42.5 Å². The summed E-state index contributed by atoms with van der Waals surface area (Å²) in [5.41, 5.74) is -0.338. The van der Waals surface area contributed by atoms with Crippen LogP contribution >= 0.6 is 12.4 Å². The molecule has 2 saturated heterocycles. The summed E-state index contributed by atoms with van der Waals surface area (Å²) in [6.45, 7) is 2.97. The van der Waals surface area contributed by atoms with Crippen LogP contribution in [0.5, 0.6) is 0 Å². The molecule has 2 fully saturated rings. The van der Waals surface area contributed by atoms with Crippen molar-refractivity contribution in [3.63, 3.8) is 0 Å². The first-order valence-corrected chi connectivity index (χ1v) is 8.26. The summed E-state index contributed by atoms with van der Waals surface area (Å²) in [4.78, 5) is 25.9. The number of halogens is 3. The lowest BCUT2D eigenvalue weighted by Gasteiger charge is -2.28. The maximum atomic E-state index is 13.9. The van der Waals surface area contributed by atoms with E-state index < -0.39 is 23.6 Å². The van der Waals surface area contributed by atoms with Crippen molar-refractivity contribution in [1.82, 2.24) is 10.6 Å². The third-order valence-corrected chi connectivity index (χ3v) is 4.72. The quantitative estimate of drug-likeness (QED) is 0.852. The molecule has 1 unspecified atom stereocenters. The van der Waals surface area contributed by atoms with Gasteiger partial charge in [0.25, 0.3) is 0 Å². The Bertz CT molecular complexity index is 639. The van der Waals surface area contributed by atoms with Crippen molar-refractivity contribution in [2.24, 2.45) is 5.92 Å². The molecular weight excluding hydrogens is 352 g/mol. The van der Waals surface area contributed by atoms with Crippen LogP contribution in [-0.2, 0) is 9.59 Å². The zero-order valence-electron chi connectivity index (χ0n) is 13.9. The molecule has 1 aromatic rings. The fourth-order valence-electron chi connectivity index (χ4n) is 3.44. The van der Waals surface area contributed by atoms with Crippen LogP contribution in [0.3, 0.4) is 0 Å². The number of nitrogens with one attached hydrogen (secondary N) is 2. The van der Waals surface area contributed by atoms with Gasteiger partial charge in [0.15, 0.2) is 0 Å². The van der Waals surface area contributed by atoms with E-state index in [0.717, 1.165) is 36.4 Å². The highest BCUT2D eigenvalue weighted by molar-refractivity contribution is 6.01. The van der Waals surface area contributed by atoms with E-state index in [1.165, 1.54) is 6.07 Å². The number of piperidine rings is 1. The molecule has 25 heavy (non-hydrogen) atoms. The van der Waals surface area contributed by atoms with E-state index in [0.29, 0.717) is 6.42 Å². The lowest BCUT2D eigenvalue weighted by atomic mass is 9.92. The Morgan fingerprint density at radius 2 is 1.96 bits per heavy atom. The topological polar surface area (TPSA) is 61.4 Å². The van der Waals surface area contributed by atoms with Gasteiger partial charge in [0.1, 0.15) is 23.4 Å². The molecule has 0 radical (unpaired) electrons. The molecule has 2 aliphatic heterocycles. The number of amides is 2. The second-order valence-corrected chi connectivity index (χ2v) is 6.49. The summed E-state index contributed by atoms with van der Waals surface area (Å²) in [6, 6.07) is 3.04. The largest absolute Gasteiger partial charge is 0.344 e. The summed E-state index contributed by atoms with van der Waals surface area (Å²) in [5.74, 6) is -2.30. The van der Waals surface area contributed by atoms with Crippen LogP contribution < -0.4 is 15.5 Å². The molecule has 1 aromatic carbocycles. The van der Waals surface area contributed by atoms with E-state index in [4.69, 9.17) is 0 Å². The minimum absolute atomic E-state index is 0. The van der Waals surface area contributed by atoms with Gasteiger partial charge in [-0.15, -0.1) is 12.4 Å². The Morgan fingerprint density at radius 1 is 1.28 bits per heavy atom. The zero-order valence-corrected chi connectivity index (χ0v) is 14.7. The van der Waals surface area contributed by atoms with Crippen molar-refractivity contribution < 1.29 is 18.4 Å². The normalized spacial score (nSPS) is 26.3. The van der Waals surface area contributed by atoms with E-state index in [9.17, 15) is 18.4 Å². The van der Waals surface area contributed by atoms with Gasteiger partial charge in [-0.05, 0) is 44.9 Å². The fourth-order valence-corrected chi connectivity index (χ4v) is 3.44. The molecule has 8 heteroatoms. The number of nitrogens with zero attached hydrogens (tertiary/aromatic N) is 1. The average molecular weight is 374 g/mol. The summed E-state index contributed by atoms with van der Waals surface area (Å²) in [7, 11) is 0. The first kappa shape index (κ1) is 19.6. The summed E-state index contributed by atoms with van der Waals surface area (Å²) in [6.07, 6.45) is 1.79. The van der Waals surface area contributed by atoms with Crippen molar-refractivity contribution in [3.8, 4) is 0 Å². The second-order valence-electron chi connectivity index (χ2n) is 6.49. The molecule has 2 aliphatic rings. The van der Waals surface area contributed by atoms with Gasteiger partial charge in [-0.3, -0.25) is 9.59 Å². The van der Waals surface area contributed by atoms with Crippen molar-refractivity contribution in [1.29, 1.82) is 0 Å². The van der Waals surface area contributed by atoms with Crippen LogP contribution in [-0.4, -0.2) is 37.0 Å². The standard InChI is InChI=1S/C17H21F2N3O2.ClH/c1-10-9-11(5-7-20-10)16(23)21-14-6-8-22(17(14)24)15-12(18)3-2-4-13(15)19;/h2-4,10-11,14,20H,5-9H2,1H3,(H,21,23);1H/t10-,11-,14?;/m0./s1. The number of carbonyl (C=O) groups excluding carboxylic acids is 2. The summed E-state index contributed by atoms with van der Waals surface area (Å²) >= 11 is 0. The molecule has 3 atom stereocenters. The minimum Gasteiger partial charge on any atom is -0.344 e. The molecule has 2 N–H and O–H groups in total. The van der Waals surface area contributed by atoms with Gasteiger partial charge in [0.05, 0.1) is 0 Å². The van der Waals surface area contributed by atoms with Crippen LogP contribution in [0.1, 0.15) is 26.2 Å². The van der Waals surface area contributed by atoms with E-state index in [1.807, 2.05) is 6.92 Å². The molecule has 5 nitrogen and oxygen atoms in total. The number of rotatable bonds is 3. The van der Waals surface area contributed by atoms with Crippen LogP contribution in [0.2, 0.25) is 0 Å². The summed E-state index contributed by atoms with van der Waals surface area (Å²) < 4.78 is 27.7. The molecule has 0 spiro atoms. The number of para-hydroxylation sites is 1. The number of hydrogen-bond acceptors (Lipinski definition) is 3. The monoisotopic (exact) mass is 373 g/mol. The lowest BCUT2D eigenvalue weighted by molar-refractivity contribution is -0.130. The van der Waals surface area contributed by atoms with Gasteiger partial charge in [0.2, 0.25) is 11.8 Å². The molecule has 0 aliphatic carbocycles. The van der Waals surface area contributed by atoms with Gasteiger partial charge < -0.3 is 15.5 Å².